The Labute approximate surface area is 146 Å². The molecular formula is C20H20FNO3. The quantitative estimate of drug-likeness (QED) is 0.617. The van der Waals surface area contributed by atoms with E-state index in [1.807, 2.05) is 35.2 Å². The maximum Gasteiger partial charge on any atom is 0.331 e. The van der Waals surface area contributed by atoms with Gasteiger partial charge in [0.05, 0.1) is 18.9 Å². The summed E-state index contributed by atoms with van der Waals surface area (Å²) in [7, 11) is 0. The van der Waals surface area contributed by atoms with Gasteiger partial charge in [0.25, 0.3) is 0 Å². The van der Waals surface area contributed by atoms with Crippen molar-refractivity contribution in [3.8, 4) is 0 Å². The predicted molar refractivity (Wildman–Crippen MR) is 94.7 cm³/mol. The highest BCUT2D eigenvalue weighted by Gasteiger charge is 2.14. The van der Waals surface area contributed by atoms with Gasteiger partial charge < -0.3 is 14.4 Å². The summed E-state index contributed by atoms with van der Waals surface area (Å²) < 4.78 is 24.7. The summed E-state index contributed by atoms with van der Waals surface area (Å²) >= 11 is 0. The van der Waals surface area contributed by atoms with Gasteiger partial charge in [0.2, 0.25) is 0 Å². The van der Waals surface area contributed by atoms with Crippen LogP contribution in [0.4, 0.5) is 10.1 Å². The monoisotopic (exact) mass is 341 g/mol. The topological polar surface area (TPSA) is 38.8 Å². The molecule has 1 fully saturated rings. The number of benzene rings is 2. The van der Waals surface area contributed by atoms with Crippen LogP contribution >= 0.6 is 0 Å². The van der Waals surface area contributed by atoms with Crippen molar-refractivity contribution in [1.82, 2.24) is 0 Å². The van der Waals surface area contributed by atoms with Gasteiger partial charge in [-0.25, -0.2) is 9.18 Å². The molecule has 0 saturated carbocycles. The highest BCUT2D eigenvalue weighted by atomic mass is 19.1. The van der Waals surface area contributed by atoms with Gasteiger partial charge in [0, 0.05) is 19.2 Å². The van der Waals surface area contributed by atoms with Gasteiger partial charge in [0.15, 0.2) is 0 Å². The average molecular weight is 341 g/mol. The van der Waals surface area contributed by atoms with E-state index in [0.29, 0.717) is 37.6 Å². The Balaban J connectivity index is 1.57. The van der Waals surface area contributed by atoms with Crippen molar-refractivity contribution in [3.63, 3.8) is 0 Å². The second-order valence-corrected chi connectivity index (χ2v) is 5.74. The SMILES string of the molecule is O=C(/C=C/c1ccc(N2CCOCC2)c(F)c1)OCc1ccccc1. The maximum absolute atomic E-state index is 14.3. The van der Waals surface area contributed by atoms with E-state index in [-0.39, 0.29) is 12.4 Å². The van der Waals surface area contributed by atoms with Gasteiger partial charge in [-0.05, 0) is 29.3 Å². The first kappa shape index (κ1) is 17.2. The number of carbonyl (C=O) groups is 1. The molecule has 25 heavy (non-hydrogen) atoms. The minimum Gasteiger partial charge on any atom is -0.458 e. The predicted octanol–water partition coefficient (Wildman–Crippen LogP) is 3.42. The molecule has 1 heterocycles. The number of ether oxygens (including phenoxy) is 2. The van der Waals surface area contributed by atoms with Crippen LogP contribution in [-0.4, -0.2) is 32.3 Å². The van der Waals surface area contributed by atoms with Crippen molar-refractivity contribution < 1.29 is 18.7 Å². The molecule has 3 rings (SSSR count). The molecule has 0 spiro atoms. The third-order valence-corrected chi connectivity index (χ3v) is 3.96. The van der Waals surface area contributed by atoms with Gasteiger partial charge in [-0.2, -0.15) is 0 Å². The lowest BCUT2D eigenvalue weighted by atomic mass is 10.1. The van der Waals surface area contributed by atoms with Gasteiger partial charge in [-0.3, -0.25) is 0 Å². The first-order valence-corrected chi connectivity index (χ1v) is 8.23. The van der Waals surface area contributed by atoms with Crippen molar-refractivity contribution in [3.05, 3.63) is 71.6 Å². The van der Waals surface area contributed by atoms with E-state index in [2.05, 4.69) is 0 Å². The van der Waals surface area contributed by atoms with Crippen molar-refractivity contribution >= 4 is 17.7 Å². The summed E-state index contributed by atoms with van der Waals surface area (Å²) in [5, 5.41) is 0. The van der Waals surface area contributed by atoms with Crippen LogP contribution in [0.15, 0.2) is 54.6 Å². The van der Waals surface area contributed by atoms with Crippen LogP contribution < -0.4 is 4.90 Å². The molecule has 4 nitrogen and oxygen atoms in total. The van der Waals surface area contributed by atoms with Crippen LogP contribution in [0.25, 0.3) is 6.08 Å². The van der Waals surface area contributed by atoms with E-state index in [1.165, 1.54) is 12.1 Å². The summed E-state index contributed by atoms with van der Waals surface area (Å²) in [5.74, 6) is -0.761. The molecule has 0 bridgehead atoms. The van der Waals surface area contributed by atoms with E-state index in [4.69, 9.17) is 9.47 Å². The van der Waals surface area contributed by atoms with Crippen LogP contribution in [-0.2, 0) is 20.9 Å². The molecule has 0 atom stereocenters. The smallest absolute Gasteiger partial charge is 0.331 e. The minimum absolute atomic E-state index is 0.217. The van der Waals surface area contributed by atoms with E-state index in [0.717, 1.165) is 5.56 Å². The summed E-state index contributed by atoms with van der Waals surface area (Å²) in [4.78, 5) is 13.7. The Morgan fingerprint density at radius 1 is 1.16 bits per heavy atom. The first-order chi connectivity index (χ1) is 12.2. The van der Waals surface area contributed by atoms with E-state index < -0.39 is 5.97 Å². The largest absolute Gasteiger partial charge is 0.458 e. The molecule has 2 aromatic rings. The molecule has 5 heteroatoms. The van der Waals surface area contributed by atoms with Crippen molar-refractivity contribution in [2.45, 2.75) is 6.61 Å². The summed E-state index contributed by atoms with van der Waals surface area (Å²) in [6.07, 6.45) is 2.87. The average Bonchev–Trinajstić information content (AvgIpc) is 2.66. The molecule has 0 aromatic heterocycles. The van der Waals surface area contributed by atoms with Crippen LogP contribution in [0.5, 0.6) is 0 Å². The number of morpholine rings is 1. The second kappa shape index (κ2) is 8.44. The number of hydrogen-bond acceptors (Lipinski definition) is 4. The van der Waals surface area contributed by atoms with E-state index >= 15 is 0 Å². The number of halogens is 1. The summed E-state index contributed by atoms with van der Waals surface area (Å²) in [6, 6.07) is 14.4. The number of anilines is 1. The number of nitrogens with zero attached hydrogens (tertiary/aromatic N) is 1. The molecule has 1 aliphatic rings. The zero-order valence-electron chi connectivity index (χ0n) is 13.9. The number of hydrogen-bond donors (Lipinski definition) is 0. The number of esters is 1. The number of rotatable bonds is 5. The fraction of sp³-hybridized carbons (Fsp3) is 0.250. The van der Waals surface area contributed by atoms with Crippen LogP contribution in [0.1, 0.15) is 11.1 Å². The van der Waals surface area contributed by atoms with Gasteiger partial charge in [-0.15, -0.1) is 0 Å². The molecule has 0 radical (unpaired) electrons. The van der Waals surface area contributed by atoms with Gasteiger partial charge >= 0.3 is 5.97 Å². The lowest BCUT2D eigenvalue weighted by Crippen LogP contribution is -2.36. The van der Waals surface area contributed by atoms with E-state index in [1.54, 1.807) is 18.2 Å². The zero-order valence-corrected chi connectivity index (χ0v) is 13.9. The van der Waals surface area contributed by atoms with E-state index in [9.17, 15) is 9.18 Å². The molecule has 1 saturated heterocycles. The maximum atomic E-state index is 14.3. The lowest BCUT2D eigenvalue weighted by molar-refractivity contribution is -0.138. The van der Waals surface area contributed by atoms with Crippen LogP contribution in [0.3, 0.4) is 0 Å². The molecule has 0 amide bonds. The Kier molecular flexibility index (Phi) is 5.80. The van der Waals surface area contributed by atoms with Crippen molar-refractivity contribution in [1.29, 1.82) is 0 Å². The normalized spacial score (nSPS) is 14.7. The Hall–Kier alpha value is -2.66. The fourth-order valence-corrected chi connectivity index (χ4v) is 2.63. The van der Waals surface area contributed by atoms with Crippen LogP contribution in [0, 0.1) is 5.82 Å². The summed E-state index contributed by atoms with van der Waals surface area (Å²) in [6.45, 7) is 2.78. The van der Waals surface area contributed by atoms with Gasteiger partial charge in [0.1, 0.15) is 12.4 Å². The molecule has 1 aliphatic heterocycles. The Morgan fingerprint density at radius 3 is 2.64 bits per heavy atom. The molecule has 130 valence electrons. The fourth-order valence-electron chi connectivity index (χ4n) is 2.63. The number of carbonyl (C=O) groups excluding carboxylic acids is 1. The molecule has 0 N–H and O–H groups in total. The Bertz CT molecular complexity index is 740. The second-order valence-electron chi connectivity index (χ2n) is 5.74. The van der Waals surface area contributed by atoms with Crippen molar-refractivity contribution in [2.75, 3.05) is 31.2 Å². The molecular weight excluding hydrogens is 321 g/mol. The standard InChI is InChI=1S/C20H20FNO3/c21-18-14-16(6-8-19(18)22-10-12-24-13-11-22)7-9-20(23)25-15-17-4-2-1-3-5-17/h1-9,14H,10-13,15H2/b9-7+. The highest BCUT2D eigenvalue weighted by molar-refractivity contribution is 5.87. The highest BCUT2D eigenvalue weighted by Crippen LogP contribution is 2.22. The first-order valence-electron chi connectivity index (χ1n) is 8.23. The lowest BCUT2D eigenvalue weighted by Gasteiger charge is -2.29. The zero-order chi connectivity index (χ0) is 17.5. The third-order valence-electron chi connectivity index (χ3n) is 3.96. The minimum atomic E-state index is -0.457. The molecule has 0 aliphatic carbocycles. The molecule has 2 aromatic carbocycles. The van der Waals surface area contributed by atoms with Crippen molar-refractivity contribution in [2.24, 2.45) is 0 Å². The third kappa shape index (κ3) is 4.90. The molecule has 0 unspecified atom stereocenters. The summed E-state index contributed by atoms with van der Waals surface area (Å²) in [5.41, 5.74) is 2.10. The van der Waals surface area contributed by atoms with Crippen LogP contribution in [0.2, 0.25) is 0 Å². The van der Waals surface area contributed by atoms with Gasteiger partial charge in [-0.1, -0.05) is 36.4 Å². The Morgan fingerprint density at radius 2 is 1.92 bits per heavy atom.